The van der Waals surface area contributed by atoms with Crippen LogP contribution in [0.4, 0.5) is 0 Å². The Morgan fingerprint density at radius 1 is 0.920 bits per heavy atom. The van der Waals surface area contributed by atoms with Crippen LogP contribution in [0.1, 0.15) is 52.0 Å². The van der Waals surface area contributed by atoms with Crippen molar-refractivity contribution < 1.29 is 4.74 Å². The van der Waals surface area contributed by atoms with Crippen molar-refractivity contribution in [1.29, 1.82) is 0 Å². The summed E-state index contributed by atoms with van der Waals surface area (Å²) in [6.45, 7) is 7.69. The van der Waals surface area contributed by atoms with Crippen molar-refractivity contribution >= 4 is 0 Å². The maximum Gasteiger partial charge on any atom is 0.119 e. The third-order valence-electron chi connectivity index (χ3n) is 4.61. The minimum Gasteiger partial charge on any atom is -0.494 e. The van der Waals surface area contributed by atoms with Crippen molar-refractivity contribution in [2.24, 2.45) is 11.8 Å². The van der Waals surface area contributed by atoms with Gasteiger partial charge in [-0.2, -0.15) is 0 Å². The minimum atomic E-state index is 0.723. The summed E-state index contributed by atoms with van der Waals surface area (Å²) in [6.07, 6.45) is 10.6. The summed E-state index contributed by atoms with van der Waals surface area (Å²) < 4.78 is 5.91. The van der Waals surface area contributed by atoms with Crippen molar-refractivity contribution in [3.05, 3.63) is 54.1 Å². The Morgan fingerprint density at radius 3 is 2.32 bits per heavy atom. The number of hydrogen-bond acceptors (Lipinski definition) is 1. The molecule has 1 unspecified atom stereocenters. The van der Waals surface area contributed by atoms with E-state index in [-0.39, 0.29) is 0 Å². The average Bonchev–Trinajstić information content (AvgIpc) is 2.62. The van der Waals surface area contributed by atoms with Crippen molar-refractivity contribution in [2.45, 2.75) is 46.5 Å². The van der Waals surface area contributed by atoms with Crippen molar-refractivity contribution in [3.63, 3.8) is 0 Å². The van der Waals surface area contributed by atoms with E-state index in [1.165, 1.54) is 19.3 Å². The molecule has 2 rings (SSSR count). The molecular formula is C24H30O. The van der Waals surface area contributed by atoms with Gasteiger partial charge in [0.15, 0.2) is 0 Å². The smallest absolute Gasteiger partial charge is 0.119 e. The van der Waals surface area contributed by atoms with Crippen LogP contribution in [0.2, 0.25) is 0 Å². The van der Waals surface area contributed by atoms with E-state index < -0.39 is 0 Å². The summed E-state index contributed by atoms with van der Waals surface area (Å²) >= 11 is 0. The normalized spacial score (nSPS) is 12.0. The highest BCUT2D eigenvalue weighted by Gasteiger charge is 2.05. The Kier molecular flexibility index (Phi) is 7.61. The van der Waals surface area contributed by atoms with Gasteiger partial charge in [0.2, 0.25) is 0 Å². The fourth-order valence-corrected chi connectivity index (χ4v) is 2.99. The third-order valence-corrected chi connectivity index (χ3v) is 4.61. The van der Waals surface area contributed by atoms with E-state index in [0.717, 1.165) is 47.3 Å². The highest BCUT2D eigenvalue weighted by molar-refractivity contribution is 5.71. The summed E-state index contributed by atoms with van der Waals surface area (Å²) in [6, 6.07) is 16.2. The molecule has 0 aliphatic heterocycles. The summed E-state index contributed by atoms with van der Waals surface area (Å²) in [5, 5.41) is 0. The number of hydrogen-bond donors (Lipinski definition) is 0. The van der Waals surface area contributed by atoms with Crippen LogP contribution < -0.4 is 4.74 Å². The summed E-state index contributed by atoms with van der Waals surface area (Å²) in [7, 11) is 0. The Bertz CT molecular complexity index is 676. The molecule has 1 nitrogen and oxygen atoms in total. The molecule has 0 fully saturated rings. The summed E-state index contributed by atoms with van der Waals surface area (Å²) in [4.78, 5) is 0. The molecule has 2 aromatic carbocycles. The molecule has 2 aromatic rings. The van der Waals surface area contributed by atoms with E-state index >= 15 is 0 Å². The van der Waals surface area contributed by atoms with Gasteiger partial charge in [-0.3, -0.25) is 0 Å². The van der Waals surface area contributed by atoms with Gasteiger partial charge in [-0.15, -0.1) is 6.42 Å². The van der Waals surface area contributed by atoms with Crippen LogP contribution in [-0.4, -0.2) is 6.61 Å². The zero-order valence-corrected chi connectivity index (χ0v) is 15.8. The number of rotatable bonds is 9. The standard InChI is InChI=1S/C24H30O/c1-5-21-11-6-7-12-24(21)22-13-15-23(16-14-22)25-18-17-20(4)10-8-9-19(2)3/h1,6-7,11-16,19-20H,8-10,17-18H2,2-4H3. The Balaban J connectivity index is 1.82. The molecule has 132 valence electrons. The lowest BCUT2D eigenvalue weighted by Crippen LogP contribution is -2.04. The van der Waals surface area contributed by atoms with Crippen molar-refractivity contribution in [1.82, 2.24) is 0 Å². The molecule has 0 radical (unpaired) electrons. The minimum absolute atomic E-state index is 0.723. The van der Waals surface area contributed by atoms with Crippen LogP contribution in [0, 0.1) is 24.2 Å². The average molecular weight is 335 g/mol. The first kappa shape index (κ1) is 19.1. The maximum absolute atomic E-state index is 5.91. The molecule has 0 heterocycles. The van der Waals surface area contributed by atoms with Crippen LogP contribution >= 0.6 is 0 Å². The first-order valence-corrected chi connectivity index (χ1v) is 9.39. The fourth-order valence-electron chi connectivity index (χ4n) is 2.99. The van der Waals surface area contributed by atoms with Gasteiger partial charge >= 0.3 is 0 Å². The Hall–Kier alpha value is -2.20. The monoisotopic (exact) mass is 334 g/mol. The molecule has 0 aromatic heterocycles. The Morgan fingerprint density at radius 2 is 1.64 bits per heavy atom. The van der Waals surface area contributed by atoms with Crippen LogP contribution in [0.5, 0.6) is 5.75 Å². The van der Waals surface area contributed by atoms with Crippen molar-refractivity contribution in [3.8, 4) is 29.2 Å². The molecule has 0 amide bonds. The van der Waals surface area contributed by atoms with E-state index in [1.54, 1.807) is 0 Å². The van der Waals surface area contributed by atoms with Crippen molar-refractivity contribution in [2.75, 3.05) is 6.61 Å². The SMILES string of the molecule is C#Cc1ccccc1-c1ccc(OCCC(C)CCCC(C)C)cc1. The van der Waals surface area contributed by atoms with Gasteiger partial charge in [-0.05, 0) is 47.6 Å². The van der Waals surface area contributed by atoms with E-state index in [4.69, 9.17) is 11.2 Å². The van der Waals surface area contributed by atoms with E-state index in [9.17, 15) is 0 Å². The molecule has 25 heavy (non-hydrogen) atoms. The second-order valence-electron chi connectivity index (χ2n) is 7.28. The number of ether oxygens (including phenoxy) is 1. The van der Waals surface area contributed by atoms with Crippen LogP contribution in [0.3, 0.4) is 0 Å². The number of terminal acetylenes is 1. The summed E-state index contributed by atoms with van der Waals surface area (Å²) in [5.74, 6) is 5.20. The van der Waals surface area contributed by atoms with Gasteiger partial charge < -0.3 is 4.74 Å². The lowest BCUT2D eigenvalue weighted by molar-refractivity contribution is 0.276. The molecule has 1 atom stereocenters. The molecule has 0 aliphatic rings. The molecular weight excluding hydrogens is 304 g/mol. The van der Waals surface area contributed by atoms with Crippen LogP contribution in [-0.2, 0) is 0 Å². The predicted octanol–water partition coefficient (Wildman–Crippen LogP) is 6.57. The van der Waals surface area contributed by atoms with Gasteiger partial charge in [0.25, 0.3) is 0 Å². The van der Waals surface area contributed by atoms with E-state index in [1.807, 2.05) is 30.3 Å². The lowest BCUT2D eigenvalue weighted by Gasteiger charge is -2.13. The predicted molar refractivity (Wildman–Crippen MR) is 108 cm³/mol. The quantitative estimate of drug-likeness (QED) is 0.471. The van der Waals surface area contributed by atoms with Gasteiger partial charge in [-0.1, -0.05) is 76.3 Å². The molecule has 0 bridgehead atoms. The fraction of sp³-hybridized carbons (Fsp3) is 0.417. The van der Waals surface area contributed by atoms with Crippen LogP contribution in [0.25, 0.3) is 11.1 Å². The zero-order valence-electron chi connectivity index (χ0n) is 15.8. The molecule has 0 N–H and O–H groups in total. The highest BCUT2D eigenvalue weighted by atomic mass is 16.5. The first-order chi connectivity index (χ1) is 12.1. The van der Waals surface area contributed by atoms with Gasteiger partial charge in [-0.25, -0.2) is 0 Å². The molecule has 0 saturated heterocycles. The zero-order chi connectivity index (χ0) is 18.1. The second kappa shape index (κ2) is 9.94. The maximum atomic E-state index is 5.91. The molecule has 0 aliphatic carbocycles. The van der Waals surface area contributed by atoms with Crippen LogP contribution in [0.15, 0.2) is 48.5 Å². The number of benzene rings is 2. The third kappa shape index (κ3) is 6.31. The molecule has 0 spiro atoms. The Labute approximate surface area is 153 Å². The second-order valence-corrected chi connectivity index (χ2v) is 7.28. The summed E-state index contributed by atoms with van der Waals surface area (Å²) in [5.41, 5.74) is 3.14. The van der Waals surface area contributed by atoms with Gasteiger partial charge in [0.05, 0.1) is 6.61 Å². The van der Waals surface area contributed by atoms with Gasteiger partial charge in [0.1, 0.15) is 5.75 Å². The molecule has 1 heteroatoms. The van der Waals surface area contributed by atoms with Gasteiger partial charge in [0, 0.05) is 5.56 Å². The highest BCUT2D eigenvalue weighted by Crippen LogP contribution is 2.25. The van der Waals surface area contributed by atoms with E-state index in [2.05, 4.69) is 44.9 Å². The largest absolute Gasteiger partial charge is 0.494 e. The lowest BCUT2D eigenvalue weighted by atomic mass is 9.98. The topological polar surface area (TPSA) is 9.23 Å². The molecule has 0 saturated carbocycles. The van der Waals surface area contributed by atoms with E-state index in [0.29, 0.717) is 0 Å². The first-order valence-electron chi connectivity index (χ1n) is 9.39.